The molecule has 2 atom stereocenters. The normalized spacial score (nSPS) is 33.3. The van der Waals surface area contributed by atoms with Gasteiger partial charge < -0.3 is 10.6 Å². The molecule has 2 rings (SSSR count). The zero-order valence-corrected chi connectivity index (χ0v) is 11.1. The molecule has 0 radical (unpaired) electrons. The van der Waals surface area contributed by atoms with Crippen molar-refractivity contribution in [3.8, 4) is 0 Å². The highest BCUT2D eigenvalue weighted by molar-refractivity contribution is 8.00. The van der Waals surface area contributed by atoms with Gasteiger partial charge >= 0.3 is 0 Å². The van der Waals surface area contributed by atoms with Crippen molar-refractivity contribution in [1.29, 1.82) is 0 Å². The summed E-state index contributed by atoms with van der Waals surface area (Å²) in [4.78, 5) is 14.2. The lowest BCUT2D eigenvalue weighted by atomic mass is 9.75. The first-order valence-corrected chi connectivity index (χ1v) is 7.27. The number of nitrogens with two attached hydrogens (primary N) is 1. The standard InChI is InChI=1S/C12H22N2OS/c1-9-10(2)16-7-6-14(9)11(15)8-12(13)4-3-5-12/h9-10H,3-8,13H2,1-2H3. The molecule has 16 heavy (non-hydrogen) atoms. The molecule has 0 spiro atoms. The fourth-order valence-electron chi connectivity index (χ4n) is 2.50. The molecule has 2 aliphatic rings. The SMILES string of the molecule is CC1SCCN(C(=O)CC2(N)CCC2)C1C. The van der Waals surface area contributed by atoms with E-state index in [-0.39, 0.29) is 11.4 Å². The van der Waals surface area contributed by atoms with Crippen LogP contribution in [0.2, 0.25) is 0 Å². The van der Waals surface area contributed by atoms with Crippen LogP contribution in [0.1, 0.15) is 39.5 Å². The van der Waals surface area contributed by atoms with E-state index < -0.39 is 0 Å². The number of carbonyl (C=O) groups excluding carboxylic acids is 1. The van der Waals surface area contributed by atoms with Crippen molar-refractivity contribution in [1.82, 2.24) is 4.90 Å². The van der Waals surface area contributed by atoms with E-state index in [1.54, 1.807) is 0 Å². The van der Waals surface area contributed by atoms with Crippen molar-refractivity contribution >= 4 is 17.7 Å². The molecule has 4 heteroatoms. The molecule has 1 aliphatic heterocycles. The Morgan fingerprint density at radius 3 is 2.75 bits per heavy atom. The molecule has 1 aliphatic carbocycles. The number of carbonyl (C=O) groups is 1. The Bertz CT molecular complexity index is 278. The molecule has 0 aromatic carbocycles. The van der Waals surface area contributed by atoms with E-state index in [1.165, 1.54) is 6.42 Å². The summed E-state index contributed by atoms with van der Waals surface area (Å²) in [7, 11) is 0. The van der Waals surface area contributed by atoms with Crippen molar-refractivity contribution in [2.75, 3.05) is 12.3 Å². The lowest BCUT2D eigenvalue weighted by Crippen LogP contribution is -2.54. The molecule has 1 amide bonds. The molecule has 1 heterocycles. The monoisotopic (exact) mass is 242 g/mol. The molecular weight excluding hydrogens is 220 g/mol. The minimum atomic E-state index is -0.176. The maximum Gasteiger partial charge on any atom is 0.224 e. The number of amides is 1. The summed E-state index contributed by atoms with van der Waals surface area (Å²) in [6, 6.07) is 0.356. The molecule has 1 saturated heterocycles. The van der Waals surface area contributed by atoms with Gasteiger partial charge in [-0.05, 0) is 26.2 Å². The third-order valence-corrected chi connectivity index (χ3v) is 5.39. The van der Waals surface area contributed by atoms with E-state index in [0.717, 1.165) is 25.1 Å². The minimum Gasteiger partial charge on any atom is -0.338 e. The second kappa shape index (κ2) is 4.57. The maximum absolute atomic E-state index is 12.2. The Hall–Kier alpha value is -0.220. The van der Waals surface area contributed by atoms with Gasteiger partial charge in [-0.3, -0.25) is 4.79 Å². The highest BCUT2D eigenvalue weighted by atomic mass is 32.2. The first-order chi connectivity index (χ1) is 7.52. The van der Waals surface area contributed by atoms with Gasteiger partial charge in [0.15, 0.2) is 0 Å². The summed E-state index contributed by atoms with van der Waals surface area (Å²) in [6.07, 6.45) is 3.77. The Morgan fingerprint density at radius 2 is 2.19 bits per heavy atom. The van der Waals surface area contributed by atoms with Crippen molar-refractivity contribution < 1.29 is 4.79 Å². The predicted octanol–water partition coefficient (Wildman–Crippen LogP) is 1.61. The zero-order valence-electron chi connectivity index (χ0n) is 10.2. The van der Waals surface area contributed by atoms with Crippen LogP contribution in [0.3, 0.4) is 0 Å². The number of hydrogen-bond donors (Lipinski definition) is 1. The lowest BCUT2D eigenvalue weighted by Gasteiger charge is -2.42. The Labute approximate surface area is 102 Å². The van der Waals surface area contributed by atoms with Crippen LogP contribution in [-0.4, -0.2) is 39.9 Å². The lowest BCUT2D eigenvalue weighted by molar-refractivity contribution is -0.135. The number of nitrogens with zero attached hydrogens (tertiary/aromatic N) is 1. The van der Waals surface area contributed by atoms with Gasteiger partial charge in [0, 0.05) is 35.5 Å². The first-order valence-electron chi connectivity index (χ1n) is 6.22. The number of hydrogen-bond acceptors (Lipinski definition) is 3. The van der Waals surface area contributed by atoms with E-state index in [0.29, 0.717) is 17.7 Å². The number of thioether (sulfide) groups is 1. The van der Waals surface area contributed by atoms with Crippen molar-refractivity contribution in [3.05, 3.63) is 0 Å². The van der Waals surface area contributed by atoms with Crippen LogP contribution in [0.25, 0.3) is 0 Å². The Balaban J connectivity index is 1.93. The van der Waals surface area contributed by atoms with E-state index in [4.69, 9.17) is 5.73 Å². The molecule has 1 saturated carbocycles. The Morgan fingerprint density at radius 1 is 1.50 bits per heavy atom. The van der Waals surface area contributed by atoms with Crippen LogP contribution in [0, 0.1) is 0 Å². The average molecular weight is 242 g/mol. The van der Waals surface area contributed by atoms with Gasteiger partial charge in [0.1, 0.15) is 0 Å². The largest absolute Gasteiger partial charge is 0.338 e. The summed E-state index contributed by atoms with van der Waals surface area (Å²) in [5.41, 5.74) is 5.96. The molecule has 92 valence electrons. The highest BCUT2D eigenvalue weighted by Crippen LogP contribution is 2.34. The summed E-state index contributed by atoms with van der Waals surface area (Å²) in [5, 5.41) is 0.549. The maximum atomic E-state index is 12.2. The molecule has 0 aromatic heterocycles. The summed E-state index contributed by atoms with van der Waals surface area (Å²) >= 11 is 1.96. The van der Waals surface area contributed by atoms with Gasteiger partial charge in [-0.25, -0.2) is 0 Å². The van der Waals surface area contributed by atoms with E-state index in [2.05, 4.69) is 13.8 Å². The third-order valence-electron chi connectivity index (χ3n) is 4.06. The van der Waals surface area contributed by atoms with Crippen molar-refractivity contribution in [2.45, 2.75) is 56.4 Å². The van der Waals surface area contributed by atoms with Crippen LogP contribution < -0.4 is 5.73 Å². The van der Waals surface area contributed by atoms with Crippen LogP contribution in [0.5, 0.6) is 0 Å². The van der Waals surface area contributed by atoms with Gasteiger partial charge in [-0.15, -0.1) is 0 Å². The smallest absolute Gasteiger partial charge is 0.224 e. The van der Waals surface area contributed by atoms with Crippen LogP contribution >= 0.6 is 11.8 Å². The van der Waals surface area contributed by atoms with Crippen LogP contribution in [0.4, 0.5) is 0 Å². The van der Waals surface area contributed by atoms with Crippen LogP contribution in [0.15, 0.2) is 0 Å². The number of rotatable bonds is 2. The fourth-order valence-corrected chi connectivity index (χ4v) is 3.59. The van der Waals surface area contributed by atoms with Gasteiger partial charge in [-0.1, -0.05) is 6.92 Å². The molecule has 0 bridgehead atoms. The topological polar surface area (TPSA) is 46.3 Å². The van der Waals surface area contributed by atoms with E-state index >= 15 is 0 Å². The van der Waals surface area contributed by atoms with Gasteiger partial charge in [0.2, 0.25) is 5.91 Å². The highest BCUT2D eigenvalue weighted by Gasteiger charge is 2.38. The Kier molecular flexibility index (Phi) is 3.50. The van der Waals surface area contributed by atoms with Crippen molar-refractivity contribution in [2.24, 2.45) is 5.73 Å². The fraction of sp³-hybridized carbons (Fsp3) is 0.917. The quantitative estimate of drug-likeness (QED) is 0.800. The predicted molar refractivity (Wildman–Crippen MR) is 68.5 cm³/mol. The van der Waals surface area contributed by atoms with Gasteiger partial charge in [0.05, 0.1) is 0 Å². The molecule has 2 N–H and O–H groups in total. The summed E-state index contributed by atoms with van der Waals surface area (Å²) < 4.78 is 0. The summed E-state index contributed by atoms with van der Waals surface area (Å²) in [6.45, 7) is 5.25. The van der Waals surface area contributed by atoms with E-state index in [9.17, 15) is 4.79 Å². The van der Waals surface area contributed by atoms with Gasteiger partial charge in [-0.2, -0.15) is 11.8 Å². The molecule has 2 fully saturated rings. The van der Waals surface area contributed by atoms with Crippen LogP contribution in [-0.2, 0) is 4.79 Å². The van der Waals surface area contributed by atoms with Gasteiger partial charge in [0.25, 0.3) is 0 Å². The minimum absolute atomic E-state index is 0.176. The molecule has 3 nitrogen and oxygen atoms in total. The zero-order chi connectivity index (χ0) is 11.8. The van der Waals surface area contributed by atoms with E-state index in [1.807, 2.05) is 16.7 Å². The second-order valence-electron chi connectivity index (χ2n) is 5.30. The molecule has 2 unspecified atom stereocenters. The average Bonchev–Trinajstić information content (AvgIpc) is 2.19. The summed E-state index contributed by atoms with van der Waals surface area (Å²) in [5.74, 6) is 1.33. The third kappa shape index (κ3) is 2.38. The second-order valence-corrected chi connectivity index (χ2v) is 6.78. The first kappa shape index (κ1) is 12.2. The van der Waals surface area contributed by atoms with Crippen molar-refractivity contribution in [3.63, 3.8) is 0 Å². The molecule has 0 aromatic rings. The molecular formula is C12H22N2OS.